The lowest BCUT2D eigenvalue weighted by atomic mass is 10.3. The van der Waals surface area contributed by atoms with Crippen molar-refractivity contribution < 1.29 is 18.3 Å². The Bertz CT molecular complexity index is 490. The fourth-order valence-electron chi connectivity index (χ4n) is 1.46. The van der Waals surface area contributed by atoms with E-state index in [-0.39, 0.29) is 13.2 Å². The number of aliphatic hydroxyl groups excluding tert-OH is 1. The number of aliphatic hydroxyl groups is 1. The van der Waals surface area contributed by atoms with E-state index >= 15 is 0 Å². The summed E-state index contributed by atoms with van der Waals surface area (Å²) in [7, 11) is -2.14. The van der Waals surface area contributed by atoms with E-state index in [0.717, 1.165) is 4.31 Å². The van der Waals surface area contributed by atoms with Gasteiger partial charge in [0, 0.05) is 26.3 Å². The van der Waals surface area contributed by atoms with E-state index in [2.05, 4.69) is 4.72 Å². The summed E-state index contributed by atoms with van der Waals surface area (Å²) in [4.78, 5) is 0. The summed E-state index contributed by atoms with van der Waals surface area (Å²) in [6.45, 7) is 2.60. The predicted molar refractivity (Wildman–Crippen MR) is 74.5 cm³/mol. The van der Waals surface area contributed by atoms with Gasteiger partial charge in [-0.3, -0.25) is 4.72 Å². The molecular formula is C12H20N2O4S. The number of hydrogen-bond acceptors (Lipinski definition) is 4. The van der Waals surface area contributed by atoms with Crippen molar-refractivity contribution in [3.63, 3.8) is 0 Å². The van der Waals surface area contributed by atoms with E-state index in [0.29, 0.717) is 24.5 Å². The van der Waals surface area contributed by atoms with Crippen LogP contribution in [0, 0.1) is 0 Å². The summed E-state index contributed by atoms with van der Waals surface area (Å²) < 4.78 is 32.9. The number of nitrogens with zero attached hydrogens (tertiary/aromatic N) is 1. The number of anilines is 1. The van der Waals surface area contributed by atoms with E-state index < -0.39 is 10.2 Å². The predicted octanol–water partition coefficient (Wildman–Crippen LogP) is 1.06. The molecule has 19 heavy (non-hydrogen) atoms. The maximum Gasteiger partial charge on any atom is 0.301 e. The fraction of sp³-hybridized carbons (Fsp3) is 0.500. The Labute approximate surface area is 114 Å². The molecule has 0 amide bonds. The van der Waals surface area contributed by atoms with Gasteiger partial charge in [-0.05, 0) is 25.5 Å². The third kappa shape index (κ3) is 5.06. The summed E-state index contributed by atoms with van der Waals surface area (Å²) in [5, 5.41) is 8.71. The van der Waals surface area contributed by atoms with Crippen LogP contribution in [0.3, 0.4) is 0 Å². The number of nitrogens with one attached hydrogen (secondary N) is 1. The van der Waals surface area contributed by atoms with Crippen LogP contribution in [0.2, 0.25) is 0 Å². The van der Waals surface area contributed by atoms with Gasteiger partial charge in [0.2, 0.25) is 0 Å². The molecule has 108 valence electrons. The second-order valence-electron chi connectivity index (χ2n) is 3.97. The first-order valence-corrected chi connectivity index (χ1v) is 7.51. The minimum Gasteiger partial charge on any atom is -0.494 e. The van der Waals surface area contributed by atoms with Gasteiger partial charge in [0.25, 0.3) is 0 Å². The van der Waals surface area contributed by atoms with Crippen LogP contribution in [-0.2, 0) is 10.2 Å². The maximum absolute atomic E-state index is 12.0. The molecule has 0 aliphatic heterocycles. The van der Waals surface area contributed by atoms with Crippen LogP contribution in [0.1, 0.15) is 13.3 Å². The van der Waals surface area contributed by atoms with Crippen LogP contribution >= 0.6 is 0 Å². The third-order valence-electron chi connectivity index (χ3n) is 2.43. The van der Waals surface area contributed by atoms with Crippen molar-refractivity contribution >= 4 is 15.9 Å². The Balaban J connectivity index is 2.74. The number of rotatable bonds is 8. The van der Waals surface area contributed by atoms with Crippen LogP contribution in [0.25, 0.3) is 0 Å². The van der Waals surface area contributed by atoms with Gasteiger partial charge in [0.15, 0.2) is 0 Å². The Morgan fingerprint density at radius 1 is 1.42 bits per heavy atom. The average Bonchev–Trinajstić information content (AvgIpc) is 2.36. The zero-order chi connectivity index (χ0) is 14.3. The van der Waals surface area contributed by atoms with E-state index in [1.165, 1.54) is 7.05 Å². The molecule has 1 aromatic carbocycles. The monoisotopic (exact) mass is 288 g/mol. The zero-order valence-corrected chi connectivity index (χ0v) is 12.0. The van der Waals surface area contributed by atoms with Crippen LogP contribution in [-0.4, -0.2) is 44.6 Å². The lowest BCUT2D eigenvalue weighted by molar-refractivity contribution is 0.276. The van der Waals surface area contributed by atoms with Gasteiger partial charge in [0.05, 0.1) is 12.3 Å². The van der Waals surface area contributed by atoms with Crippen molar-refractivity contribution in [3.8, 4) is 5.75 Å². The minimum absolute atomic E-state index is 0.0420. The second kappa shape index (κ2) is 7.32. The van der Waals surface area contributed by atoms with Gasteiger partial charge in [-0.25, -0.2) is 0 Å². The molecule has 0 fully saturated rings. The number of hydrogen-bond donors (Lipinski definition) is 2. The fourth-order valence-corrected chi connectivity index (χ4v) is 2.41. The van der Waals surface area contributed by atoms with Crippen LogP contribution in [0.15, 0.2) is 24.3 Å². The molecule has 1 rings (SSSR count). The van der Waals surface area contributed by atoms with Gasteiger partial charge >= 0.3 is 10.2 Å². The smallest absolute Gasteiger partial charge is 0.301 e. The Kier molecular flexibility index (Phi) is 6.07. The molecule has 0 bridgehead atoms. The van der Waals surface area contributed by atoms with E-state index in [9.17, 15) is 8.42 Å². The van der Waals surface area contributed by atoms with Crippen molar-refractivity contribution in [2.24, 2.45) is 0 Å². The molecule has 0 aromatic heterocycles. The topological polar surface area (TPSA) is 78.9 Å². The van der Waals surface area contributed by atoms with Crippen LogP contribution in [0.5, 0.6) is 5.75 Å². The first kappa shape index (κ1) is 15.7. The molecule has 0 unspecified atom stereocenters. The molecule has 0 saturated carbocycles. The molecule has 1 aromatic rings. The standard InChI is InChI=1S/C12H20N2O4S/c1-3-18-12-7-4-6-11(10-12)13-19(16,17)14(2)8-5-9-15/h4,6-7,10,13,15H,3,5,8-9H2,1-2H3. The Hall–Kier alpha value is -1.31. The maximum atomic E-state index is 12.0. The second-order valence-corrected chi connectivity index (χ2v) is 5.74. The summed E-state index contributed by atoms with van der Waals surface area (Å²) in [5.41, 5.74) is 0.446. The van der Waals surface area contributed by atoms with Crippen molar-refractivity contribution in [1.82, 2.24) is 4.31 Å². The van der Waals surface area contributed by atoms with E-state index in [1.54, 1.807) is 24.3 Å². The van der Waals surface area contributed by atoms with E-state index in [4.69, 9.17) is 9.84 Å². The van der Waals surface area contributed by atoms with Crippen molar-refractivity contribution in [2.45, 2.75) is 13.3 Å². The molecule has 0 saturated heterocycles. The third-order valence-corrected chi connectivity index (χ3v) is 3.93. The van der Waals surface area contributed by atoms with Crippen LogP contribution < -0.4 is 9.46 Å². The van der Waals surface area contributed by atoms with Crippen LogP contribution in [0.4, 0.5) is 5.69 Å². The molecule has 0 heterocycles. The highest BCUT2D eigenvalue weighted by Gasteiger charge is 2.17. The van der Waals surface area contributed by atoms with Gasteiger partial charge in [-0.1, -0.05) is 6.07 Å². The Morgan fingerprint density at radius 2 is 2.16 bits per heavy atom. The van der Waals surface area contributed by atoms with Gasteiger partial charge < -0.3 is 9.84 Å². The highest BCUT2D eigenvalue weighted by molar-refractivity contribution is 7.90. The first-order chi connectivity index (χ1) is 8.99. The average molecular weight is 288 g/mol. The van der Waals surface area contributed by atoms with Crippen molar-refractivity contribution in [3.05, 3.63) is 24.3 Å². The minimum atomic E-state index is -3.60. The number of ether oxygens (including phenoxy) is 1. The van der Waals surface area contributed by atoms with Crippen molar-refractivity contribution in [1.29, 1.82) is 0 Å². The molecule has 0 atom stereocenters. The summed E-state index contributed by atoms with van der Waals surface area (Å²) in [5.74, 6) is 0.612. The van der Waals surface area contributed by atoms with E-state index in [1.807, 2.05) is 6.92 Å². The molecule has 0 aliphatic rings. The lowest BCUT2D eigenvalue weighted by Crippen LogP contribution is -2.33. The largest absolute Gasteiger partial charge is 0.494 e. The first-order valence-electron chi connectivity index (χ1n) is 6.07. The quantitative estimate of drug-likeness (QED) is 0.749. The molecule has 0 aliphatic carbocycles. The van der Waals surface area contributed by atoms with Crippen molar-refractivity contribution in [2.75, 3.05) is 31.5 Å². The molecule has 6 nitrogen and oxygen atoms in total. The molecular weight excluding hydrogens is 268 g/mol. The molecule has 7 heteroatoms. The molecule has 0 radical (unpaired) electrons. The summed E-state index contributed by atoms with van der Waals surface area (Å²) in [6, 6.07) is 6.76. The summed E-state index contributed by atoms with van der Waals surface area (Å²) in [6.07, 6.45) is 0.399. The molecule has 2 N–H and O–H groups in total. The van der Waals surface area contributed by atoms with Gasteiger partial charge in [-0.2, -0.15) is 12.7 Å². The normalized spacial score (nSPS) is 11.6. The summed E-state index contributed by atoms with van der Waals surface area (Å²) >= 11 is 0. The lowest BCUT2D eigenvalue weighted by Gasteiger charge is -2.18. The molecule has 0 spiro atoms. The van der Waals surface area contributed by atoms with Gasteiger partial charge in [0.1, 0.15) is 5.75 Å². The highest BCUT2D eigenvalue weighted by Crippen LogP contribution is 2.18. The number of benzene rings is 1. The highest BCUT2D eigenvalue weighted by atomic mass is 32.2. The van der Waals surface area contributed by atoms with Gasteiger partial charge in [-0.15, -0.1) is 0 Å². The Morgan fingerprint density at radius 3 is 2.79 bits per heavy atom. The SMILES string of the molecule is CCOc1cccc(NS(=O)(=O)N(C)CCCO)c1. The zero-order valence-electron chi connectivity index (χ0n) is 11.2.